The molecule has 2 heterocycles. The molecule has 3 aromatic rings. The van der Waals surface area contributed by atoms with Crippen LogP contribution in [0.2, 0.25) is 5.15 Å². The average Bonchev–Trinajstić information content (AvgIpc) is 2.69. The Morgan fingerprint density at radius 1 is 1.14 bits per heavy atom. The van der Waals surface area contributed by atoms with Gasteiger partial charge >= 0.3 is 0 Å². The van der Waals surface area contributed by atoms with E-state index in [0.717, 1.165) is 40.8 Å². The van der Waals surface area contributed by atoms with E-state index in [1.54, 1.807) is 11.1 Å². The van der Waals surface area contributed by atoms with Crippen LogP contribution in [0.3, 0.4) is 0 Å². The zero-order valence-electron chi connectivity index (χ0n) is 16.2. The smallest absolute Gasteiger partial charge is 0.262 e. The van der Waals surface area contributed by atoms with Crippen LogP contribution in [0.25, 0.3) is 11.1 Å². The fourth-order valence-corrected chi connectivity index (χ4v) is 3.89. The molecule has 0 unspecified atom stereocenters. The van der Waals surface area contributed by atoms with Crippen LogP contribution in [0.4, 0.5) is 5.69 Å². The summed E-state index contributed by atoms with van der Waals surface area (Å²) in [6, 6.07) is 12.0. The van der Waals surface area contributed by atoms with Crippen LogP contribution in [0, 0.1) is 6.92 Å². The van der Waals surface area contributed by atoms with Crippen molar-refractivity contribution in [1.82, 2.24) is 4.98 Å². The Morgan fingerprint density at radius 3 is 2.66 bits per heavy atom. The minimum absolute atomic E-state index is 0.00602. The second-order valence-corrected chi connectivity index (χ2v) is 7.80. The zero-order valence-corrected chi connectivity index (χ0v) is 16.9. The molecular formula is C23H21ClN2O3. The van der Waals surface area contributed by atoms with Crippen molar-refractivity contribution >= 4 is 23.2 Å². The number of aromatic hydroxyl groups is 2. The van der Waals surface area contributed by atoms with Gasteiger partial charge in [0.2, 0.25) is 0 Å². The summed E-state index contributed by atoms with van der Waals surface area (Å²) >= 11 is 6.04. The number of halogens is 1. The van der Waals surface area contributed by atoms with E-state index in [4.69, 9.17) is 11.6 Å². The van der Waals surface area contributed by atoms with E-state index in [1.165, 1.54) is 18.2 Å². The molecule has 0 radical (unpaired) electrons. The SMILES string of the molecule is Cc1cc(-c2ccc3c(c2)CC[C@H](C)N3C(=O)c2ccc(O)cc2O)cnc1Cl. The number of aromatic nitrogens is 1. The second-order valence-electron chi connectivity index (χ2n) is 7.44. The molecule has 1 aromatic heterocycles. The molecular weight excluding hydrogens is 388 g/mol. The first-order valence-corrected chi connectivity index (χ1v) is 9.84. The van der Waals surface area contributed by atoms with E-state index < -0.39 is 0 Å². The van der Waals surface area contributed by atoms with E-state index in [2.05, 4.69) is 11.1 Å². The van der Waals surface area contributed by atoms with Gasteiger partial charge in [-0.1, -0.05) is 17.7 Å². The van der Waals surface area contributed by atoms with Crippen LogP contribution < -0.4 is 4.90 Å². The number of rotatable bonds is 2. The second kappa shape index (κ2) is 7.41. The first kappa shape index (κ1) is 19.3. The number of aryl methyl sites for hydroxylation is 2. The van der Waals surface area contributed by atoms with Crippen molar-refractivity contribution in [3.05, 3.63) is 70.5 Å². The van der Waals surface area contributed by atoms with Crippen LogP contribution in [0.5, 0.6) is 11.5 Å². The van der Waals surface area contributed by atoms with Crippen LogP contribution in [0.15, 0.2) is 48.7 Å². The van der Waals surface area contributed by atoms with Gasteiger partial charge in [-0.3, -0.25) is 4.79 Å². The molecule has 0 saturated carbocycles. The molecule has 1 aliphatic heterocycles. The predicted octanol–water partition coefficient (Wildman–Crippen LogP) is 5.10. The number of hydrogen-bond donors (Lipinski definition) is 2. The summed E-state index contributed by atoms with van der Waals surface area (Å²) in [4.78, 5) is 19.2. The third-order valence-electron chi connectivity index (χ3n) is 5.39. The lowest BCUT2D eigenvalue weighted by Gasteiger charge is -2.35. The monoisotopic (exact) mass is 408 g/mol. The molecule has 0 fully saturated rings. The van der Waals surface area contributed by atoms with E-state index in [0.29, 0.717) is 5.15 Å². The third kappa shape index (κ3) is 3.54. The van der Waals surface area contributed by atoms with Crippen molar-refractivity contribution in [2.75, 3.05) is 4.90 Å². The highest BCUT2D eigenvalue weighted by molar-refractivity contribution is 6.30. The number of hydrogen-bond acceptors (Lipinski definition) is 4. The molecule has 1 atom stereocenters. The van der Waals surface area contributed by atoms with Crippen LogP contribution in [-0.4, -0.2) is 27.1 Å². The molecule has 1 amide bonds. The highest BCUT2D eigenvalue weighted by Gasteiger charge is 2.30. The van der Waals surface area contributed by atoms with Gasteiger partial charge < -0.3 is 15.1 Å². The van der Waals surface area contributed by atoms with E-state index in [9.17, 15) is 15.0 Å². The van der Waals surface area contributed by atoms with Gasteiger partial charge in [-0.2, -0.15) is 0 Å². The highest BCUT2D eigenvalue weighted by Crippen LogP contribution is 2.36. The molecule has 5 nitrogen and oxygen atoms in total. The number of nitrogens with zero attached hydrogens (tertiary/aromatic N) is 2. The maximum absolute atomic E-state index is 13.2. The van der Waals surface area contributed by atoms with E-state index in [-0.39, 0.29) is 29.0 Å². The lowest BCUT2D eigenvalue weighted by Crippen LogP contribution is -2.42. The first-order chi connectivity index (χ1) is 13.8. The van der Waals surface area contributed by atoms with Crippen molar-refractivity contribution in [3.63, 3.8) is 0 Å². The summed E-state index contributed by atoms with van der Waals surface area (Å²) in [6.45, 7) is 3.92. The number of amides is 1. The number of carbonyl (C=O) groups is 1. The van der Waals surface area contributed by atoms with Gasteiger partial charge in [0.05, 0.1) is 5.56 Å². The van der Waals surface area contributed by atoms with Gasteiger partial charge in [0, 0.05) is 29.6 Å². The van der Waals surface area contributed by atoms with Crippen LogP contribution in [-0.2, 0) is 6.42 Å². The maximum atomic E-state index is 13.2. The Labute approximate surface area is 174 Å². The first-order valence-electron chi connectivity index (χ1n) is 9.46. The number of pyridine rings is 1. The lowest BCUT2D eigenvalue weighted by molar-refractivity contribution is 0.0972. The summed E-state index contributed by atoms with van der Waals surface area (Å²) in [5.74, 6) is -0.594. The molecule has 1 aliphatic rings. The number of phenolic OH excluding ortho intramolecular Hbond substituents is 2. The Bertz CT molecular complexity index is 1110. The minimum Gasteiger partial charge on any atom is -0.508 e. The molecule has 0 aliphatic carbocycles. The molecule has 148 valence electrons. The molecule has 0 spiro atoms. The molecule has 0 bridgehead atoms. The Balaban J connectivity index is 1.74. The summed E-state index contributed by atoms with van der Waals surface area (Å²) in [6.07, 6.45) is 3.43. The molecule has 0 saturated heterocycles. The summed E-state index contributed by atoms with van der Waals surface area (Å²) in [7, 11) is 0. The van der Waals surface area contributed by atoms with Gasteiger partial charge in [-0.05, 0) is 73.7 Å². The van der Waals surface area contributed by atoms with Gasteiger partial charge in [0.1, 0.15) is 16.7 Å². The number of anilines is 1. The van der Waals surface area contributed by atoms with E-state index >= 15 is 0 Å². The Hall–Kier alpha value is -3.05. The largest absolute Gasteiger partial charge is 0.508 e. The van der Waals surface area contributed by atoms with Gasteiger partial charge in [0.25, 0.3) is 5.91 Å². The van der Waals surface area contributed by atoms with Crippen molar-refractivity contribution in [3.8, 4) is 22.6 Å². The normalized spacial score (nSPS) is 15.8. The molecule has 6 heteroatoms. The number of benzene rings is 2. The lowest BCUT2D eigenvalue weighted by atomic mass is 9.92. The fourth-order valence-electron chi connectivity index (χ4n) is 3.79. The Kier molecular flexibility index (Phi) is 4.92. The molecule has 29 heavy (non-hydrogen) atoms. The van der Waals surface area contributed by atoms with Crippen molar-refractivity contribution in [2.24, 2.45) is 0 Å². The quantitative estimate of drug-likeness (QED) is 0.578. The van der Waals surface area contributed by atoms with Crippen LogP contribution >= 0.6 is 11.6 Å². The zero-order chi connectivity index (χ0) is 20.7. The van der Waals surface area contributed by atoms with Crippen molar-refractivity contribution in [2.45, 2.75) is 32.7 Å². The maximum Gasteiger partial charge on any atom is 0.262 e. The summed E-state index contributed by atoms with van der Waals surface area (Å²) < 4.78 is 0. The fraction of sp³-hybridized carbons (Fsp3) is 0.217. The highest BCUT2D eigenvalue weighted by atomic mass is 35.5. The molecule has 2 N–H and O–H groups in total. The Morgan fingerprint density at radius 2 is 1.93 bits per heavy atom. The van der Waals surface area contributed by atoms with Gasteiger partial charge in [-0.15, -0.1) is 0 Å². The minimum atomic E-state index is -0.285. The predicted molar refractivity (Wildman–Crippen MR) is 114 cm³/mol. The third-order valence-corrected chi connectivity index (χ3v) is 5.79. The van der Waals surface area contributed by atoms with Crippen molar-refractivity contribution < 1.29 is 15.0 Å². The topological polar surface area (TPSA) is 73.7 Å². The molecule has 4 rings (SSSR count). The van der Waals surface area contributed by atoms with Crippen molar-refractivity contribution in [1.29, 1.82) is 0 Å². The summed E-state index contributed by atoms with van der Waals surface area (Å²) in [5.41, 5.74) is 4.98. The molecule has 2 aromatic carbocycles. The van der Waals surface area contributed by atoms with Gasteiger partial charge in [-0.25, -0.2) is 4.98 Å². The summed E-state index contributed by atoms with van der Waals surface area (Å²) in [5, 5.41) is 20.2. The van der Waals surface area contributed by atoms with Crippen LogP contribution in [0.1, 0.15) is 34.8 Å². The van der Waals surface area contributed by atoms with E-state index in [1.807, 2.05) is 32.0 Å². The standard InChI is InChI=1S/C23H21ClN2O3/c1-13-9-17(12-25-22(13)24)15-5-8-20-16(10-15)4-3-14(2)26(20)23(29)19-7-6-18(27)11-21(19)28/h5-12,14,27-28H,3-4H2,1-2H3/t14-/m0/s1. The number of fused-ring (bicyclic) bond motifs is 1. The average molecular weight is 409 g/mol. The van der Waals surface area contributed by atoms with Gasteiger partial charge in [0.15, 0.2) is 0 Å². The number of phenols is 2. The number of carbonyl (C=O) groups excluding carboxylic acids is 1.